The van der Waals surface area contributed by atoms with E-state index in [1.807, 2.05) is 6.92 Å². The molecule has 0 aromatic heterocycles. The second-order valence-electron chi connectivity index (χ2n) is 2.77. The third-order valence-corrected chi connectivity index (χ3v) is 1.76. The van der Waals surface area contributed by atoms with Crippen molar-refractivity contribution in [3.8, 4) is 0 Å². The molecule has 0 saturated carbocycles. The normalized spacial score (nSPS) is 9.57. The number of anilines is 1. The van der Waals surface area contributed by atoms with E-state index in [0.29, 0.717) is 13.1 Å². The first-order valence-corrected chi connectivity index (χ1v) is 4.51. The number of amides is 2. The second kappa shape index (κ2) is 5.24. The molecule has 1 rings (SSSR count). The summed E-state index contributed by atoms with van der Waals surface area (Å²) in [6.07, 6.45) is 0. The summed E-state index contributed by atoms with van der Waals surface area (Å²) in [5.41, 5.74) is 7.12. The van der Waals surface area contributed by atoms with Crippen LogP contribution in [0.25, 0.3) is 0 Å². The lowest BCUT2D eigenvalue weighted by molar-refractivity contribution is 0.252. The summed E-state index contributed by atoms with van der Waals surface area (Å²) in [5, 5.41) is 5.36. The van der Waals surface area contributed by atoms with Crippen LogP contribution < -0.4 is 16.4 Å². The lowest BCUT2D eigenvalue weighted by Crippen LogP contribution is -2.28. The van der Waals surface area contributed by atoms with Crippen LogP contribution >= 0.6 is 0 Å². The van der Waals surface area contributed by atoms with Crippen LogP contribution in [0, 0.1) is 6.07 Å². The van der Waals surface area contributed by atoms with Gasteiger partial charge in [0.15, 0.2) is 0 Å². The van der Waals surface area contributed by atoms with Crippen molar-refractivity contribution in [3.05, 3.63) is 29.8 Å². The molecule has 0 aliphatic carbocycles. The maximum Gasteiger partial charge on any atom is 0.319 e. The molecule has 14 heavy (non-hydrogen) atoms. The largest absolute Gasteiger partial charge is 0.338 e. The number of hydrogen-bond donors (Lipinski definition) is 3. The Kier molecular flexibility index (Phi) is 3.94. The Hall–Kier alpha value is -1.55. The summed E-state index contributed by atoms with van der Waals surface area (Å²) in [4.78, 5) is 11.2. The molecule has 0 spiro atoms. The molecule has 0 fully saturated rings. The maximum atomic E-state index is 11.2. The highest BCUT2D eigenvalue weighted by atomic mass is 16.2. The van der Waals surface area contributed by atoms with E-state index in [-0.39, 0.29) is 6.03 Å². The van der Waals surface area contributed by atoms with Gasteiger partial charge in [-0.25, -0.2) is 4.79 Å². The fourth-order valence-electron chi connectivity index (χ4n) is 1.08. The van der Waals surface area contributed by atoms with Crippen LogP contribution in [-0.2, 0) is 6.54 Å². The van der Waals surface area contributed by atoms with E-state index < -0.39 is 0 Å². The summed E-state index contributed by atoms with van der Waals surface area (Å²) in [7, 11) is 0. The number of benzene rings is 1. The molecule has 0 heterocycles. The molecule has 4 nitrogen and oxygen atoms in total. The van der Waals surface area contributed by atoms with E-state index in [9.17, 15) is 4.79 Å². The molecular formula is C10H14N3O. The highest BCUT2D eigenvalue weighted by molar-refractivity contribution is 5.89. The summed E-state index contributed by atoms with van der Waals surface area (Å²) < 4.78 is 0. The van der Waals surface area contributed by atoms with Gasteiger partial charge in [-0.3, -0.25) is 0 Å². The Morgan fingerprint density at radius 2 is 2.43 bits per heavy atom. The summed E-state index contributed by atoms with van der Waals surface area (Å²) >= 11 is 0. The van der Waals surface area contributed by atoms with Gasteiger partial charge in [-0.15, -0.1) is 0 Å². The van der Waals surface area contributed by atoms with E-state index in [1.165, 1.54) is 0 Å². The lowest BCUT2D eigenvalue weighted by atomic mass is 10.2. The molecule has 0 atom stereocenters. The highest BCUT2D eigenvalue weighted by Gasteiger charge is 2.03. The molecule has 0 saturated heterocycles. The van der Waals surface area contributed by atoms with Crippen molar-refractivity contribution in [2.45, 2.75) is 13.5 Å². The van der Waals surface area contributed by atoms with Crippen molar-refractivity contribution in [2.24, 2.45) is 5.73 Å². The minimum atomic E-state index is -0.214. The average Bonchev–Trinajstić information content (AvgIpc) is 2.19. The number of hydrogen-bond acceptors (Lipinski definition) is 2. The third-order valence-electron chi connectivity index (χ3n) is 1.76. The molecule has 0 aliphatic rings. The molecule has 4 N–H and O–H groups in total. The van der Waals surface area contributed by atoms with Gasteiger partial charge in [-0.05, 0) is 30.7 Å². The molecule has 0 aliphatic heterocycles. The van der Waals surface area contributed by atoms with Crippen molar-refractivity contribution >= 4 is 11.7 Å². The Labute approximate surface area is 83.5 Å². The number of carbonyl (C=O) groups is 1. The fraction of sp³-hybridized carbons (Fsp3) is 0.300. The number of nitrogens with one attached hydrogen (secondary N) is 2. The van der Waals surface area contributed by atoms with Gasteiger partial charge in [0, 0.05) is 18.8 Å². The summed E-state index contributed by atoms with van der Waals surface area (Å²) in [6, 6.07) is 7.97. The molecule has 2 amide bonds. The second-order valence-corrected chi connectivity index (χ2v) is 2.77. The smallest absolute Gasteiger partial charge is 0.319 e. The van der Waals surface area contributed by atoms with Gasteiger partial charge in [0.05, 0.1) is 0 Å². The number of urea groups is 1. The maximum absolute atomic E-state index is 11.2. The van der Waals surface area contributed by atoms with Crippen LogP contribution in [0.4, 0.5) is 10.5 Å². The molecule has 0 unspecified atom stereocenters. The zero-order valence-corrected chi connectivity index (χ0v) is 8.13. The Bertz CT molecular complexity index is 312. The predicted molar refractivity (Wildman–Crippen MR) is 55.9 cm³/mol. The molecule has 75 valence electrons. The van der Waals surface area contributed by atoms with E-state index in [1.54, 1.807) is 18.2 Å². The first-order valence-electron chi connectivity index (χ1n) is 4.51. The number of nitrogens with two attached hydrogens (primary N) is 1. The van der Waals surface area contributed by atoms with Crippen molar-refractivity contribution in [1.29, 1.82) is 0 Å². The molecule has 1 radical (unpaired) electrons. The standard InChI is InChI=1S/C10H14N3O/c1-2-12-10(14)13-9-6-4-3-5-8(9)7-11/h4-6H,2,7,11H2,1H3,(H2,12,13,14). The van der Waals surface area contributed by atoms with Crippen LogP contribution in [0.1, 0.15) is 12.5 Å². The SMILES string of the molecule is CCNC(=O)Nc1cc[c]cc1CN. The third kappa shape index (κ3) is 2.74. The van der Waals surface area contributed by atoms with Crippen LogP contribution in [0.3, 0.4) is 0 Å². The topological polar surface area (TPSA) is 67.2 Å². The minimum Gasteiger partial charge on any atom is -0.338 e. The number of rotatable bonds is 3. The van der Waals surface area contributed by atoms with Gasteiger partial charge in [0.25, 0.3) is 0 Å². The van der Waals surface area contributed by atoms with Gasteiger partial charge in [-0.2, -0.15) is 0 Å². The van der Waals surface area contributed by atoms with Crippen LogP contribution in [0.15, 0.2) is 18.2 Å². The summed E-state index contributed by atoms with van der Waals surface area (Å²) in [5.74, 6) is 0. The van der Waals surface area contributed by atoms with E-state index in [0.717, 1.165) is 11.3 Å². The quantitative estimate of drug-likeness (QED) is 0.671. The van der Waals surface area contributed by atoms with Crippen molar-refractivity contribution in [1.82, 2.24) is 5.32 Å². The first-order chi connectivity index (χ1) is 6.77. The van der Waals surface area contributed by atoms with Crippen molar-refractivity contribution in [3.63, 3.8) is 0 Å². The molecular weight excluding hydrogens is 178 g/mol. The zero-order chi connectivity index (χ0) is 10.4. The highest BCUT2D eigenvalue weighted by Crippen LogP contribution is 2.13. The Balaban J connectivity index is 2.70. The van der Waals surface area contributed by atoms with Gasteiger partial charge in [0.1, 0.15) is 0 Å². The molecule has 4 heteroatoms. The van der Waals surface area contributed by atoms with Gasteiger partial charge < -0.3 is 16.4 Å². The predicted octanol–water partition coefficient (Wildman–Crippen LogP) is 1.09. The van der Waals surface area contributed by atoms with Gasteiger partial charge in [-0.1, -0.05) is 6.07 Å². The first kappa shape index (κ1) is 10.5. The van der Waals surface area contributed by atoms with Crippen LogP contribution in [0.5, 0.6) is 0 Å². The Morgan fingerprint density at radius 3 is 3.07 bits per heavy atom. The molecule has 1 aromatic rings. The van der Waals surface area contributed by atoms with Gasteiger partial charge in [0.2, 0.25) is 0 Å². The Morgan fingerprint density at radius 1 is 1.64 bits per heavy atom. The minimum absolute atomic E-state index is 0.214. The average molecular weight is 192 g/mol. The molecule has 1 aromatic carbocycles. The molecule has 0 bridgehead atoms. The van der Waals surface area contributed by atoms with Gasteiger partial charge >= 0.3 is 6.03 Å². The van der Waals surface area contributed by atoms with E-state index in [2.05, 4.69) is 16.7 Å². The monoisotopic (exact) mass is 192 g/mol. The van der Waals surface area contributed by atoms with Crippen LogP contribution in [0.2, 0.25) is 0 Å². The van der Waals surface area contributed by atoms with E-state index in [4.69, 9.17) is 5.73 Å². The van der Waals surface area contributed by atoms with Crippen molar-refractivity contribution in [2.75, 3.05) is 11.9 Å². The van der Waals surface area contributed by atoms with Crippen LogP contribution in [-0.4, -0.2) is 12.6 Å². The lowest BCUT2D eigenvalue weighted by Gasteiger charge is -2.09. The van der Waals surface area contributed by atoms with E-state index >= 15 is 0 Å². The fourth-order valence-corrected chi connectivity index (χ4v) is 1.08. The summed E-state index contributed by atoms with van der Waals surface area (Å²) in [6.45, 7) is 2.85. The zero-order valence-electron chi connectivity index (χ0n) is 8.13. The number of carbonyl (C=O) groups excluding carboxylic acids is 1. The van der Waals surface area contributed by atoms with Crippen molar-refractivity contribution < 1.29 is 4.79 Å².